The van der Waals surface area contributed by atoms with Crippen LogP contribution in [0.2, 0.25) is 0 Å². The number of carbonyl (C=O) groups excluding carboxylic acids is 1. The Bertz CT molecular complexity index is 508. The van der Waals surface area contributed by atoms with Gasteiger partial charge < -0.3 is 4.18 Å². The second kappa shape index (κ2) is 5.38. The third kappa shape index (κ3) is 4.02. The highest BCUT2D eigenvalue weighted by Crippen LogP contribution is 2.25. The number of hydrogen-bond acceptors (Lipinski definition) is 4. The van der Waals surface area contributed by atoms with Gasteiger partial charge >= 0.3 is 21.6 Å². The van der Waals surface area contributed by atoms with E-state index in [1.54, 1.807) is 30.3 Å². The maximum Gasteiger partial charge on any atom is 0.534 e. The number of rotatable bonds is 4. The lowest BCUT2D eigenvalue weighted by molar-refractivity contribution is -0.136. The molecule has 0 amide bonds. The molecule has 0 saturated carbocycles. The molecule has 0 unspecified atom stereocenters. The summed E-state index contributed by atoms with van der Waals surface area (Å²) in [5, 5.41) is 0. The van der Waals surface area contributed by atoms with Gasteiger partial charge in [-0.2, -0.15) is 21.6 Å². The van der Waals surface area contributed by atoms with Crippen molar-refractivity contribution in [2.45, 2.75) is 18.3 Å². The molecule has 0 aliphatic heterocycles. The Kier molecular flexibility index (Phi) is 4.33. The van der Waals surface area contributed by atoms with Gasteiger partial charge in [-0.15, -0.1) is 0 Å². The number of aryl methyl sites for hydroxylation is 1. The Hall–Kier alpha value is -1.57. The summed E-state index contributed by atoms with van der Waals surface area (Å²) in [7, 11) is -5.85. The van der Waals surface area contributed by atoms with Gasteiger partial charge in [0.1, 0.15) is 0 Å². The summed E-state index contributed by atoms with van der Waals surface area (Å²) in [6.07, 6.45) is -0.341. The van der Waals surface area contributed by atoms with Gasteiger partial charge in [-0.25, -0.2) is 0 Å². The highest BCUT2D eigenvalue weighted by Gasteiger charge is 2.49. The molecule has 1 aromatic rings. The van der Waals surface area contributed by atoms with E-state index in [0.29, 0.717) is 5.56 Å². The van der Waals surface area contributed by atoms with Crippen LogP contribution >= 0.6 is 0 Å². The van der Waals surface area contributed by atoms with E-state index in [2.05, 4.69) is 4.18 Å². The standard InChI is InChI=1S/C10H9F3O4S/c11-10(12,13)18(15,16)17-9(14)7-6-8-4-2-1-3-5-8/h1-5H,6-7H2. The fourth-order valence-corrected chi connectivity index (χ4v) is 1.52. The van der Waals surface area contributed by atoms with E-state index >= 15 is 0 Å². The minimum atomic E-state index is -5.85. The Labute approximate surface area is 101 Å². The Morgan fingerprint density at radius 2 is 1.72 bits per heavy atom. The van der Waals surface area contributed by atoms with Crippen LogP contribution in [0.3, 0.4) is 0 Å². The molecule has 18 heavy (non-hydrogen) atoms. The van der Waals surface area contributed by atoms with E-state index in [4.69, 9.17) is 0 Å². The second-order valence-electron chi connectivity index (χ2n) is 3.34. The van der Waals surface area contributed by atoms with Gasteiger partial charge in [-0.1, -0.05) is 30.3 Å². The fraction of sp³-hybridized carbons (Fsp3) is 0.300. The van der Waals surface area contributed by atoms with Crippen molar-refractivity contribution in [2.24, 2.45) is 0 Å². The van der Waals surface area contributed by atoms with Crippen LogP contribution in [0.1, 0.15) is 12.0 Å². The fourth-order valence-electron chi connectivity index (χ4n) is 1.10. The quantitative estimate of drug-likeness (QED) is 0.626. The van der Waals surface area contributed by atoms with Crippen LogP contribution < -0.4 is 0 Å². The average molecular weight is 282 g/mol. The molecule has 0 heterocycles. The third-order valence-corrected chi connectivity index (χ3v) is 2.92. The van der Waals surface area contributed by atoms with Crippen LogP contribution in [-0.4, -0.2) is 19.9 Å². The van der Waals surface area contributed by atoms with E-state index in [9.17, 15) is 26.4 Å². The first-order valence-electron chi connectivity index (χ1n) is 4.80. The average Bonchev–Trinajstić information content (AvgIpc) is 2.26. The molecular weight excluding hydrogens is 273 g/mol. The van der Waals surface area contributed by atoms with Crippen molar-refractivity contribution in [3.05, 3.63) is 35.9 Å². The molecule has 0 aliphatic carbocycles. The molecule has 0 bridgehead atoms. The van der Waals surface area contributed by atoms with Gasteiger partial charge in [0.15, 0.2) is 0 Å². The SMILES string of the molecule is O=C(CCc1ccccc1)OS(=O)(=O)C(F)(F)F. The predicted octanol–water partition coefficient (Wildman–Crippen LogP) is 2.01. The molecule has 1 aromatic carbocycles. The van der Waals surface area contributed by atoms with Gasteiger partial charge in [-0.3, -0.25) is 4.79 Å². The summed E-state index contributed by atoms with van der Waals surface area (Å²) in [5.41, 5.74) is -4.89. The Morgan fingerprint density at radius 1 is 1.17 bits per heavy atom. The normalized spacial score (nSPS) is 12.2. The first kappa shape index (κ1) is 14.5. The Morgan fingerprint density at radius 3 is 2.22 bits per heavy atom. The zero-order valence-corrected chi connectivity index (χ0v) is 9.79. The van der Waals surface area contributed by atoms with E-state index in [1.807, 2.05) is 0 Å². The molecule has 0 radical (unpaired) electrons. The molecular formula is C10H9F3O4S. The van der Waals surface area contributed by atoms with Crippen molar-refractivity contribution in [3.8, 4) is 0 Å². The minimum Gasteiger partial charge on any atom is -0.339 e. The summed E-state index contributed by atoms with van der Waals surface area (Å²) in [6.45, 7) is 0. The first-order valence-corrected chi connectivity index (χ1v) is 6.21. The highest BCUT2D eigenvalue weighted by molar-refractivity contribution is 7.88. The lowest BCUT2D eigenvalue weighted by Gasteiger charge is -2.07. The molecule has 8 heteroatoms. The number of benzene rings is 1. The summed E-state index contributed by atoms with van der Waals surface area (Å²) >= 11 is 0. The topological polar surface area (TPSA) is 60.4 Å². The van der Waals surface area contributed by atoms with Crippen LogP contribution in [0.15, 0.2) is 30.3 Å². The van der Waals surface area contributed by atoms with Gasteiger partial charge in [0.25, 0.3) is 0 Å². The predicted molar refractivity (Wildman–Crippen MR) is 55.8 cm³/mol. The summed E-state index contributed by atoms with van der Waals surface area (Å²) in [4.78, 5) is 11.0. The van der Waals surface area contributed by atoms with E-state index < -0.39 is 28.0 Å². The summed E-state index contributed by atoms with van der Waals surface area (Å²) in [5.74, 6) is -1.43. The van der Waals surface area contributed by atoms with E-state index in [1.165, 1.54) is 0 Å². The second-order valence-corrected chi connectivity index (χ2v) is 4.88. The molecule has 0 N–H and O–H groups in total. The lowest BCUT2D eigenvalue weighted by atomic mass is 10.1. The van der Waals surface area contributed by atoms with Gasteiger partial charge in [0, 0.05) is 0 Å². The number of halogens is 3. The van der Waals surface area contributed by atoms with Gasteiger partial charge in [0.2, 0.25) is 0 Å². The molecule has 0 aliphatic rings. The largest absolute Gasteiger partial charge is 0.534 e. The minimum absolute atomic E-state index is 0.104. The number of carbonyl (C=O) groups is 1. The van der Waals surface area contributed by atoms with Gasteiger partial charge in [-0.05, 0) is 12.0 Å². The van der Waals surface area contributed by atoms with Crippen LogP contribution in [-0.2, 0) is 25.5 Å². The number of hydrogen-bond donors (Lipinski definition) is 0. The summed E-state index contributed by atoms with van der Waals surface area (Å²) in [6, 6.07) is 8.42. The van der Waals surface area contributed by atoms with Crippen LogP contribution in [0.5, 0.6) is 0 Å². The number of alkyl halides is 3. The van der Waals surface area contributed by atoms with Crippen LogP contribution in [0.4, 0.5) is 13.2 Å². The molecule has 4 nitrogen and oxygen atoms in total. The van der Waals surface area contributed by atoms with E-state index in [0.717, 1.165) is 0 Å². The maximum absolute atomic E-state index is 11.9. The third-order valence-electron chi connectivity index (χ3n) is 1.95. The Balaban J connectivity index is 2.54. The lowest BCUT2D eigenvalue weighted by Crippen LogP contribution is -2.28. The van der Waals surface area contributed by atoms with Crippen molar-refractivity contribution in [2.75, 3.05) is 0 Å². The van der Waals surface area contributed by atoms with Crippen molar-refractivity contribution in [3.63, 3.8) is 0 Å². The van der Waals surface area contributed by atoms with Gasteiger partial charge in [0.05, 0.1) is 6.42 Å². The zero-order chi connectivity index (χ0) is 13.8. The molecule has 0 spiro atoms. The van der Waals surface area contributed by atoms with Crippen LogP contribution in [0, 0.1) is 0 Å². The highest BCUT2D eigenvalue weighted by atomic mass is 32.2. The molecule has 0 aromatic heterocycles. The summed E-state index contributed by atoms with van der Waals surface area (Å²) < 4.78 is 60.1. The van der Waals surface area contributed by atoms with Crippen molar-refractivity contribution in [1.82, 2.24) is 0 Å². The smallest absolute Gasteiger partial charge is 0.339 e. The van der Waals surface area contributed by atoms with Crippen molar-refractivity contribution < 1.29 is 30.6 Å². The molecule has 1 rings (SSSR count). The molecule has 0 fully saturated rings. The molecule has 100 valence electrons. The first-order chi connectivity index (χ1) is 8.22. The van der Waals surface area contributed by atoms with Crippen molar-refractivity contribution in [1.29, 1.82) is 0 Å². The monoisotopic (exact) mass is 282 g/mol. The molecule has 0 atom stereocenters. The van der Waals surface area contributed by atoms with Crippen molar-refractivity contribution >= 4 is 16.1 Å². The zero-order valence-electron chi connectivity index (χ0n) is 8.98. The van der Waals surface area contributed by atoms with E-state index in [-0.39, 0.29) is 6.42 Å². The van der Waals surface area contributed by atoms with Crippen LogP contribution in [0.25, 0.3) is 0 Å². The maximum atomic E-state index is 11.9. The molecule has 0 saturated heterocycles.